The van der Waals surface area contributed by atoms with Crippen molar-refractivity contribution in [1.29, 1.82) is 0 Å². The molecule has 134 valence electrons. The maximum absolute atomic E-state index is 11.7. The molecule has 1 aromatic heterocycles. The van der Waals surface area contributed by atoms with E-state index in [0.717, 1.165) is 43.9 Å². The van der Waals surface area contributed by atoms with Crippen LogP contribution < -0.4 is 5.32 Å². The largest absolute Gasteiger partial charge is 0.465 e. The number of aromatic nitrogens is 3. The normalized spacial score (nSPS) is 17.6. The number of carbonyl (C=O) groups is 1. The molecule has 1 aromatic carbocycles. The van der Waals surface area contributed by atoms with Crippen LogP contribution >= 0.6 is 0 Å². The Morgan fingerprint density at radius 1 is 1.44 bits per heavy atom. The molecule has 2 aromatic rings. The lowest BCUT2D eigenvalue weighted by Gasteiger charge is -2.25. The SMILES string of the molecule is COC(=O)c1cccc(CN(C)Cc2cnnn2C2CCCNC2)c1. The van der Waals surface area contributed by atoms with Gasteiger partial charge >= 0.3 is 5.97 Å². The predicted molar refractivity (Wildman–Crippen MR) is 94.1 cm³/mol. The van der Waals surface area contributed by atoms with E-state index in [-0.39, 0.29) is 5.97 Å². The smallest absolute Gasteiger partial charge is 0.337 e. The second-order valence-electron chi connectivity index (χ2n) is 6.53. The highest BCUT2D eigenvalue weighted by Gasteiger charge is 2.19. The van der Waals surface area contributed by atoms with Gasteiger partial charge in [-0.25, -0.2) is 9.48 Å². The minimum Gasteiger partial charge on any atom is -0.465 e. The number of nitrogens with one attached hydrogen (secondary N) is 1. The summed E-state index contributed by atoms with van der Waals surface area (Å²) in [6.45, 7) is 3.52. The molecular formula is C18H25N5O2. The molecule has 0 aliphatic carbocycles. The number of benzene rings is 1. The quantitative estimate of drug-likeness (QED) is 0.804. The lowest BCUT2D eigenvalue weighted by Crippen LogP contribution is -2.33. The average molecular weight is 343 g/mol. The molecule has 1 fully saturated rings. The van der Waals surface area contributed by atoms with Gasteiger partial charge in [0.15, 0.2) is 0 Å². The molecule has 1 aliphatic rings. The lowest BCUT2D eigenvalue weighted by atomic mass is 10.1. The second-order valence-corrected chi connectivity index (χ2v) is 6.53. The summed E-state index contributed by atoms with van der Waals surface area (Å²) in [6, 6.07) is 7.92. The minimum atomic E-state index is -0.309. The van der Waals surface area contributed by atoms with Gasteiger partial charge in [0.2, 0.25) is 0 Å². The van der Waals surface area contributed by atoms with E-state index >= 15 is 0 Å². The van der Waals surface area contributed by atoms with E-state index in [4.69, 9.17) is 4.74 Å². The van der Waals surface area contributed by atoms with Crippen molar-refractivity contribution in [3.63, 3.8) is 0 Å². The van der Waals surface area contributed by atoms with Gasteiger partial charge in [-0.15, -0.1) is 5.10 Å². The van der Waals surface area contributed by atoms with E-state index in [0.29, 0.717) is 11.6 Å². The molecule has 7 nitrogen and oxygen atoms in total. The molecule has 2 heterocycles. The molecule has 0 bridgehead atoms. The standard InChI is InChI=1S/C18H25N5O2/c1-22(12-14-5-3-6-15(9-14)18(24)25-2)13-17-11-20-21-23(17)16-7-4-8-19-10-16/h3,5-6,9,11,16,19H,4,7-8,10,12-13H2,1-2H3. The fourth-order valence-corrected chi connectivity index (χ4v) is 3.29. The topological polar surface area (TPSA) is 72.3 Å². The van der Waals surface area contributed by atoms with Crippen LogP contribution in [0, 0.1) is 0 Å². The highest BCUT2D eigenvalue weighted by Crippen LogP contribution is 2.18. The van der Waals surface area contributed by atoms with Gasteiger partial charge < -0.3 is 10.1 Å². The van der Waals surface area contributed by atoms with Crippen LogP contribution in [0.2, 0.25) is 0 Å². The third-order valence-electron chi connectivity index (χ3n) is 4.50. The lowest BCUT2D eigenvalue weighted by molar-refractivity contribution is 0.0600. The summed E-state index contributed by atoms with van der Waals surface area (Å²) in [4.78, 5) is 13.9. The van der Waals surface area contributed by atoms with Crippen LogP contribution in [0.25, 0.3) is 0 Å². The molecular weight excluding hydrogens is 318 g/mol. The molecule has 7 heteroatoms. The Morgan fingerprint density at radius 3 is 3.08 bits per heavy atom. The van der Waals surface area contributed by atoms with E-state index in [1.165, 1.54) is 13.5 Å². The zero-order valence-corrected chi connectivity index (χ0v) is 14.8. The molecule has 0 spiro atoms. The maximum atomic E-state index is 11.7. The number of hydrogen-bond donors (Lipinski definition) is 1. The highest BCUT2D eigenvalue weighted by atomic mass is 16.5. The van der Waals surface area contributed by atoms with E-state index in [1.54, 1.807) is 6.07 Å². The Bertz CT molecular complexity index is 709. The molecule has 1 N–H and O–H groups in total. The number of esters is 1. The van der Waals surface area contributed by atoms with Crippen molar-refractivity contribution < 1.29 is 9.53 Å². The predicted octanol–water partition coefficient (Wildman–Crippen LogP) is 1.62. The minimum absolute atomic E-state index is 0.309. The number of carbonyl (C=O) groups excluding carboxylic acids is 1. The molecule has 1 atom stereocenters. The summed E-state index contributed by atoms with van der Waals surface area (Å²) in [7, 11) is 3.46. The summed E-state index contributed by atoms with van der Waals surface area (Å²) in [6.07, 6.45) is 4.14. The van der Waals surface area contributed by atoms with Crippen LogP contribution in [0.5, 0.6) is 0 Å². The number of piperidine rings is 1. The molecule has 1 saturated heterocycles. The van der Waals surface area contributed by atoms with Crippen LogP contribution in [-0.2, 0) is 17.8 Å². The van der Waals surface area contributed by atoms with Crippen molar-refractivity contribution in [3.05, 3.63) is 47.3 Å². The van der Waals surface area contributed by atoms with E-state index in [2.05, 4.69) is 27.6 Å². The summed E-state index contributed by atoms with van der Waals surface area (Å²) in [5.41, 5.74) is 2.76. The van der Waals surface area contributed by atoms with Crippen molar-refractivity contribution in [1.82, 2.24) is 25.2 Å². The zero-order valence-electron chi connectivity index (χ0n) is 14.8. The number of rotatable bonds is 6. The van der Waals surface area contributed by atoms with E-state index in [9.17, 15) is 4.79 Å². The maximum Gasteiger partial charge on any atom is 0.337 e. The van der Waals surface area contributed by atoms with Gasteiger partial charge in [0.25, 0.3) is 0 Å². The number of ether oxygens (including phenoxy) is 1. The van der Waals surface area contributed by atoms with Crippen LogP contribution in [0.15, 0.2) is 30.5 Å². The number of nitrogens with zero attached hydrogens (tertiary/aromatic N) is 4. The molecule has 1 aliphatic heterocycles. The van der Waals surface area contributed by atoms with E-state index in [1.807, 2.05) is 29.1 Å². The van der Waals surface area contributed by atoms with Crippen LogP contribution in [0.1, 0.15) is 40.5 Å². The molecule has 0 radical (unpaired) electrons. The monoisotopic (exact) mass is 343 g/mol. The molecule has 0 amide bonds. The van der Waals surface area contributed by atoms with Gasteiger partial charge in [0, 0.05) is 19.6 Å². The van der Waals surface area contributed by atoms with Crippen molar-refractivity contribution in [3.8, 4) is 0 Å². The molecule has 0 saturated carbocycles. The first kappa shape index (κ1) is 17.6. The van der Waals surface area contributed by atoms with Crippen LogP contribution in [0.4, 0.5) is 0 Å². The fourth-order valence-electron chi connectivity index (χ4n) is 3.29. The van der Waals surface area contributed by atoms with E-state index < -0.39 is 0 Å². The van der Waals surface area contributed by atoms with Gasteiger partial charge in [0.05, 0.1) is 30.6 Å². The molecule has 25 heavy (non-hydrogen) atoms. The zero-order chi connectivity index (χ0) is 17.6. The Morgan fingerprint density at radius 2 is 2.32 bits per heavy atom. The Hall–Kier alpha value is -2.25. The third-order valence-corrected chi connectivity index (χ3v) is 4.50. The Labute approximate surface area is 148 Å². The second kappa shape index (κ2) is 8.22. The van der Waals surface area contributed by atoms with Crippen molar-refractivity contribution in [2.75, 3.05) is 27.2 Å². The third kappa shape index (κ3) is 4.43. The van der Waals surface area contributed by atoms with Gasteiger partial charge in [-0.2, -0.15) is 0 Å². The van der Waals surface area contributed by atoms with Gasteiger partial charge in [-0.1, -0.05) is 17.3 Å². The first-order chi connectivity index (χ1) is 12.2. The van der Waals surface area contributed by atoms with Crippen molar-refractivity contribution in [2.45, 2.75) is 32.0 Å². The van der Waals surface area contributed by atoms with Crippen LogP contribution in [-0.4, -0.2) is 53.1 Å². The molecule has 1 unspecified atom stereocenters. The van der Waals surface area contributed by atoms with Gasteiger partial charge in [0.1, 0.15) is 0 Å². The van der Waals surface area contributed by atoms with Crippen LogP contribution in [0.3, 0.4) is 0 Å². The first-order valence-corrected chi connectivity index (χ1v) is 8.63. The summed E-state index contributed by atoms with van der Waals surface area (Å²) < 4.78 is 6.84. The highest BCUT2D eigenvalue weighted by molar-refractivity contribution is 5.89. The summed E-state index contributed by atoms with van der Waals surface area (Å²) in [5.74, 6) is -0.309. The Balaban J connectivity index is 1.64. The summed E-state index contributed by atoms with van der Waals surface area (Å²) in [5, 5.41) is 11.8. The van der Waals surface area contributed by atoms with Crippen molar-refractivity contribution in [2.24, 2.45) is 0 Å². The first-order valence-electron chi connectivity index (χ1n) is 8.63. The summed E-state index contributed by atoms with van der Waals surface area (Å²) >= 11 is 0. The fraction of sp³-hybridized carbons (Fsp3) is 0.500. The number of hydrogen-bond acceptors (Lipinski definition) is 6. The van der Waals surface area contributed by atoms with Gasteiger partial charge in [-0.3, -0.25) is 4.90 Å². The number of methoxy groups -OCH3 is 1. The van der Waals surface area contributed by atoms with Crippen molar-refractivity contribution >= 4 is 5.97 Å². The average Bonchev–Trinajstić information content (AvgIpc) is 3.10. The Kier molecular flexibility index (Phi) is 5.78. The molecule has 3 rings (SSSR count). The van der Waals surface area contributed by atoms with Gasteiger partial charge in [-0.05, 0) is 44.1 Å².